The SMILES string of the molecule is CN1CCC(C(C)(N)F)CC1. The summed E-state index contributed by atoms with van der Waals surface area (Å²) in [6.07, 6.45) is 1.78. The van der Waals surface area contributed by atoms with Crippen molar-refractivity contribution >= 4 is 0 Å². The van der Waals surface area contributed by atoms with Gasteiger partial charge < -0.3 is 4.90 Å². The topological polar surface area (TPSA) is 29.3 Å². The first kappa shape index (κ1) is 8.94. The van der Waals surface area contributed by atoms with Crippen LogP contribution in [0.5, 0.6) is 0 Å². The molecule has 0 aromatic carbocycles. The summed E-state index contributed by atoms with van der Waals surface area (Å²) in [5, 5.41) is 0. The highest BCUT2D eigenvalue weighted by atomic mass is 19.1. The van der Waals surface area contributed by atoms with Crippen molar-refractivity contribution in [3.05, 3.63) is 0 Å². The Morgan fingerprint density at radius 1 is 1.45 bits per heavy atom. The summed E-state index contributed by atoms with van der Waals surface area (Å²) in [4.78, 5) is 2.21. The third-order valence-electron chi connectivity index (χ3n) is 2.52. The van der Waals surface area contributed by atoms with Crippen LogP contribution in [-0.4, -0.2) is 30.8 Å². The summed E-state index contributed by atoms with van der Waals surface area (Å²) in [6, 6.07) is 0. The molecule has 0 radical (unpaired) electrons. The van der Waals surface area contributed by atoms with Crippen LogP contribution in [0.3, 0.4) is 0 Å². The highest BCUT2D eigenvalue weighted by Gasteiger charge is 2.31. The maximum Gasteiger partial charge on any atom is 0.159 e. The minimum Gasteiger partial charge on any atom is -0.306 e. The maximum atomic E-state index is 13.2. The van der Waals surface area contributed by atoms with Crippen molar-refractivity contribution in [1.82, 2.24) is 4.90 Å². The quantitative estimate of drug-likeness (QED) is 0.579. The van der Waals surface area contributed by atoms with Gasteiger partial charge in [0.15, 0.2) is 5.79 Å². The van der Waals surface area contributed by atoms with Gasteiger partial charge in [-0.1, -0.05) is 0 Å². The zero-order valence-corrected chi connectivity index (χ0v) is 7.31. The van der Waals surface area contributed by atoms with E-state index in [9.17, 15) is 4.39 Å². The van der Waals surface area contributed by atoms with Crippen molar-refractivity contribution in [1.29, 1.82) is 0 Å². The number of rotatable bonds is 1. The van der Waals surface area contributed by atoms with E-state index >= 15 is 0 Å². The van der Waals surface area contributed by atoms with E-state index in [1.165, 1.54) is 6.92 Å². The molecule has 0 amide bonds. The molecule has 66 valence electrons. The van der Waals surface area contributed by atoms with Crippen molar-refractivity contribution in [2.45, 2.75) is 25.6 Å². The molecule has 2 nitrogen and oxygen atoms in total. The van der Waals surface area contributed by atoms with Crippen LogP contribution in [-0.2, 0) is 0 Å². The van der Waals surface area contributed by atoms with Crippen LogP contribution in [0.15, 0.2) is 0 Å². The zero-order valence-electron chi connectivity index (χ0n) is 7.31. The van der Waals surface area contributed by atoms with Crippen molar-refractivity contribution in [3.63, 3.8) is 0 Å². The Bertz CT molecular complexity index is 123. The molecular formula is C8H17FN2. The van der Waals surface area contributed by atoms with Crippen molar-refractivity contribution in [2.24, 2.45) is 11.7 Å². The molecule has 1 rings (SSSR count). The molecule has 2 N–H and O–H groups in total. The van der Waals surface area contributed by atoms with Crippen molar-refractivity contribution < 1.29 is 4.39 Å². The van der Waals surface area contributed by atoms with Crippen LogP contribution in [0.4, 0.5) is 4.39 Å². The van der Waals surface area contributed by atoms with Crippen LogP contribution in [0.2, 0.25) is 0 Å². The predicted octanol–water partition coefficient (Wildman–Crippen LogP) is 0.973. The van der Waals surface area contributed by atoms with Crippen LogP contribution in [0.25, 0.3) is 0 Å². The molecule has 0 aliphatic carbocycles. The van der Waals surface area contributed by atoms with Gasteiger partial charge >= 0.3 is 0 Å². The Morgan fingerprint density at radius 2 is 1.91 bits per heavy atom. The Morgan fingerprint density at radius 3 is 2.27 bits per heavy atom. The van der Waals surface area contributed by atoms with E-state index in [1.54, 1.807) is 0 Å². The average Bonchev–Trinajstić information content (AvgIpc) is 1.86. The molecule has 1 unspecified atom stereocenters. The molecule has 0 spiro atoms. The lowest BCUT2D eigenvalue weighted by Crippen LogP contribution is -2.45. The molecule has 1 aliphatic heterocycles. The van der Waals surface area contributed by atoms with Gasteiger partial charge in [0.05, 0.1) is 0 Å². The lowest BCUT2D eigenvalue weighted by atomic mass is 9.89. The largest absolute Gasteiger partial charge is 0.306 e. The molecule has 1 atom stereocenters. The summed E-state index contributed by atoms with van der Waals surface area (Å²) in [6.45, 7) is 3.42. The van der Waals surface area contributed by atoms with Gasteiger partial charge in [-0.25, -0.2) is 4.39 Å². The number of alkyl halides is 1. The van der Waals surface area contributed by atoms with E-state index in [2.05, 4.69) is 11.9 Å². The van der Waals surface area contributed by atoms with Gasteiger partial charge in [0.2, 0.25) is 0 Å². The molecule has 1 heterocycles. The number of nitrogens with two attached hydrogens (primary N) is 1. The molecule has 0 saturated carbocycles. The van der Waals surface area contributed by atoms with E-state index in [0.29, 0.717) is 0 Å². The van der Waals surface area contributed by atoms with Crippen molar-refractivity contribution in [3.8, 4) is 0 Å². The number of hydrogen-bond acceptors (Lipinski definition) is 2. The molecule has 11 heavy (non-hydrogen) atoms. The van der Waals surface area contributed by atoms with Gasteiger partial charge in [-0.15, -0.1) is 0 Å². The van der Waals surface area contributed by atoms with Crippen LogP contribution < -0.4 is 5.73 Å². The smallest absolute Gasteiger partial charge is 0.159 e. The van der Waals surface area contributed by atoms with E-state index in [-0.39, 0.29) is 5.92 Å². The third kappa shape index (κ3) is 2.42. The Labute approximate surface area is 67.6 Å². The molecule has 3 heteroatoms. The minimum absolute atomic E-state index is 0.0544. The minimum atomic E-state index is -1.47. The standard InChI is InChI=1S/C8H17FN2/c1-8(9,10)7-3-5-11(2)6-4-7/h7H,3-6,10H2,1-2H3. The van der Waals surface area contributed by atoms with E-state index in [1.807, 2.05) is 0 Å². The third-order valence-corrected chi connectivity index (χ3v) is 2.52. The van der Waals surface area contributed by atoms with Gasteiger partial charge in [-0.05, 0) is 39.9 Å². The summed E-state index contributed by atoms with van der Waals surface area (Å²) >= 11 is 0. The zero-order chi connectivity index (χ0) is 8.48. The van der Waals surface area contributed by atoms with Gasteiger partial charge in [-0.2, -0.15) is 0 Å². The molecule has 0 aromatic heterocycles. The maximum absolute atomic E-state index is 13.2. The molecule has 0 aromatic rings. The molecule has 1 fully saturated rings. The lowest BCUT2D eigenvalue weighted by molar-refractivity contribution is 0.0604. The van der Waals surface area contributed by atoms with Gasteiger partial charge in [-0.3, -0.25) is 5.73 Å². The summed E-state index contributed by atoms with van der Waals surface area (Å²) in [5.41, 5.74) is 5.37. The van der Waals surface area contributed by atoms with Gasteiger partial charge in [0, 0.05) is 5.92 Å². The van der Waals surface area contributed by atoms with Gasteiger partial charge in [0.1, 0.15) is 0 Å². The van der Waals surface area contributed by atoms with E-state index in [0.717, 1.165) is 25.9 Å². The first-order valence-electron chi connectivity index (χ1n) is 4.16. The monoisotopic (exact) mass is 160 g/mol. The Kier molecular flexibility index (Phi) is 2.50. The molecule has 1 aliphatic rings. The molecule has 1 saturated heterocycles. The first-order valence-corrected chi connectivity index (χ1v) is 4.16. The number of halogens is 1. The van der Waals surface area contributed by atoms with E-state index in [4.69, 9.17) is 5.73 Å². The van der Waals surface area contributed by atoms with Gasteiger partial charge in [0.25, 0.3) is 0 Å². The Balaban J connectivity index is 2.39. The second-order valence-electron chi connectivity index (χ2n) is 3.73. The second-order valence-corrected chi connectivity index (χ2v) is 3.73. The fourth-order valence-electron chi connectivity index (χ4n) is 1.57. The fourth-order valence-corrected chi connectivity index (χ4v) is 1.57. The number of likely N-dealkylation sites (tertiary alicyclic amines) is 1. The summed E-state index contributed by atoms with van der Waals surface area (Å²) < 4.78 is 13.2. The van der Waals surface area contributed by atoms with Crippen LogP contribution in [0.1, 0.15) is 19.8 Å². The molecular weight excluding hydrogens is 143 g/mol. The normalized spacial score (nSPS) is 28.4. The number of piperidine rings is 1. The highest BCUT2D eigenvalue weighted by Crippen LogP contribution is 2.26. The average molecular weight is 160 g/mol. The summed E-state index contributed by atoms with van der Waals surface area (Å²) in [7, 11) is 2.06. The Hall–Kier alpha value is -0.150. The van der Waals surface area contributed by atoms with Crippen LogP contribution >= 0.6 is 0 Å². The summed E-state index contributed by atoms with van der Waals surface area (Å²) in [5.74, 6) is -1.42. The highest BCUT2D eigenvalue weighted by molar-refractivity contribution is 4.81. The number of hydrogen-bond donors (Lipinski definition) is 1. The number of nitrogens with zero attached hydrogens (tertiary/aromatic N) is 1. The molecule has 0 bridgehead atoms. The lowest BCUT2D eigenvalue weighted by Gasteiger charge is -2.34. The second kappa shape index (κ2) is 3.07. The predicted molar refractivity (Wildman–Crippen MR) is 43.9 cm³/mol. The first-order chi connectivity index (χ1) is 5.00. The van der Waals surface area contributed by atoms with Crippen molar-refractivity contribution in [2.75, 3.05) is 20.1 Å². The van der Waals surface area contributed by atoms with E-state index < -0.39 is 5.79 Å². The van der Waals surface area contributed by atoms with Crippen LogP contribution in [0, 0.1) is 5.92 Å². The fraction of sp³-hybridized carbons (Fsp3) is 1.00.